The van der Waals surface area contributed by atoms with Gasteiger partial charge in [0.15, 0.2) is 0 Å². The molecule has 1 heterocycles. The first-order valence-corrected chi connectivity index (χ1v) is 10.8. The summed E-state index contributed by atoms with van der Waals surface area (Å²) in [6, 6.07) is 6.42. The molecule has 154 valence electrons. The van der Waals surface area contributed by atoms with Crippen molar-refractivity contribution in [3.05, 3.63) is 36.0 Å². The molecule has 28 heavy (non-hydrogen) atoms. The molecular weight excluding hydrogens is 398 g/mol. The Kier molecular flexibility index (Phi) is 7.36. The van der Waals surface area contributed by atoms with E-state index in [-0.39, 0.29) is 18.4 Å². The first-order chi connectivity index (χ1) is 13.1. The van der Waals surface area contributed by atoms with Crippen molar-refractivity contribution in [2.75, 3.05) is 37.5 Å². The summed E-state index contributed by atoms with van der Waals surface area (Å²) in [6.45, 7) is 5.15. The van der Waals surface area contributed by atoms with Crippen molar-refractivity contribution in [2.45, 2.75) is 13.1 Å². The van der Waals surface area contributed by atoms with Crippen LogP contribution in [0.15, 0.2) is 30.5 Å². The van der Waals surface area contributed by atoms with Crippen molar-refractivity contribution in [3.8, 4) is 0 Å². The summed E-state index contributed by atoms with van der Waals surface area (Å²) in [7, 11) is -2.74. The maximum Gasteiger partial charge on any atom is 0.421 e. The fourth-order valence-corrected chi connectivity index (χ4v) is 3.34. The van der Waals surface area contributed by atoms with Crippen LogP contribution < -0.4 is 21.6 Å². The van der Waals surface area contributed by atoms with Gasteiger partial charge in [-0.3, -0.25) is 9.68 Å². The lowest BCUT2D eigenvalue weighted by Crippen LogP contribution is -2.21. The Bertz CT molecular complexity index is 845. The summed E-state index contributed by atoms with van der Waals surface area (Å²) in [5.74, 6) is -0.685. The van der Waals surface area contributed by atoms with E-state index in [0.717, 1.165) is 0 Å². The molecule has 0 spiro atoms. The highest BCUT2D eigenvalue weighted by Gasteiger charge is 2.35. The van der Waals surface area contributed by atoms with Gasteiger partial charge in [0.1, 0.15) is 25.3 Å². The summed E-state index contributed by atoms with van der Waals surface area (Å²) in [5.41, 5.74) is 3.98. The van der Waals surface area contributed by atoms with E-state index in [1.807, 2.05) is 0 Å². The molecule has 1 aromatic carbocycles. The van der Waals surface area contributed by atoms with Gasteiger partial charge >= 0.3 is 6.18 Å². The van der Waals surface area contributed by atoms with E-state index in [1.165, 1.54) is 19.4 Å². The van der Waals surface area contributed by atoms with E-state index in [4.69, 9.17) is 9.68 Å². The van der Waals surface area contributed by atoms with E-state index < -0.39 is 24.7 Å². The SMILES string of the molecule is CCONCONc1ncc(C(F)(F)F)c(Nc2ccccc2P(C)(C)=O)n1. The lowest BCUT2D eigenvalue weighted by Gasteiger charge is -2.18. The minimum Gasteiger partial charge on any atom is -0.339 e. The Labute approximate surface area is 160 Å². The highest BCUT2D eigenvalue weighted by atomic mass is 31.2. The lowest BCUT2D eigenvalue weighted by atomic mass is 10.2. The number of hydrogen-bond acceptors (Lipinski definition) is 8. The Hall–Kier alpha value is -2.20. The zero-order valence-electron chi connectivity index (χ0n) is 15.5. The fourth-order valence-electron chi connectivity index (χ4n) is 2.18. The van der Waals surface area contributed by atoms with Gasteiger partial charge in [0.2, 0.25) is 5.95 Å². The summed E-state index contributed by atoms with van der Waals surface area (Å²) < 4.78 is 52.5. The van der Waals surface area contributed by atoms with Crippen LogP contribution in [0.1, 0.15) is 12.5 Å². The molecule has 0 fully saturated rings. The second-order valence-electron chi connectivity index (χ2n) is 5.91. The molecular formula is C16H21F3N5O3P. The van der Waals surface area contributed by atoms with Gasteiger partial charge in [0.25, 0.3) is 0 Å². The smallest absolute Gasteiger partial charge is 0.339 e. The van der Waals surface area contributed by atoms with E-state index >= 15 is 0 Å². The average molecular weight is 419 g/mol. The molecule has 0 aliphatic rings. The number of halogens is 3. The van der Waals surface area contributed by atoms with Crippen LogP contribution in [0.25, 0.3) is 0 Å². The first kappa shape index (κ1) is 22.1. The molecule has 2 aromatic rings. The molecule has 1 aromatic heterocycles. The second kappa shape index (κ2) is 9.33. The van der Waals surface area contributed by atoms with Crippen LogP contribution in [-0.2, 0) is 20.4 Å². The molecule has 0 bridgehead atoms. The molecule has 0 unspecified atom stereocenters. The number of para-hydroxylation sites is 1. The zero-order valence-corrected chi connectivity index (χ0v) is 16.4. The van der Waals surface area contributed by atoms with Crippen LogP contribution in [0.2, 0.25) is 0 Å². The molecule has 0 radical (unpaired) electrons. The normalized spacial score (nSPS) is 12.1. The largest absolute Gasteiger partial charge is 0.421 e. The molecule has 12 heteroatoms. The van der Waals surface area contributed by atoms with Crippen molar-refractivity contribution in [2.24, 2.45) is 0 Å². The van der Waals surface area contributed by atoms with Crippen molar-refractivity contribution < 1.29 is 27.4 Å². The highest BCUT2D eigenvalue weighted by molar-refractivity contribution is 7.70. The van der Waals surface area contributed by atoms with Gasteiger partial charge in [-0.25, -0.2) is 10.5 Å². The van der Waals surface area contributed by atoms with Crippen LogP contribution in [0, 0.1) is 0 Å². The van der Waals surface area contributed by atoms with Crippen LogP contribution in [0.3, 0.4) is 0 Å². The Morgan fingerprint density at radius 3 is 2.54 bits per heavy atom. The number of benzene rings is 1. The average Bonchev–Trinajstić information content (AvgIpc) is 2.60. The molecule has 0 atom stereocenters. The number of rotatable bonds is 9. The highest BCUT2D eigenvalue weighted by Crippen LogP contribution is 2.40. The number of nitrogens with zero attached hydrogens (tertiary/aromatic N) is 2. The van der Waals surface area contributed by atoms with E-state index in [0.29, 0.717) is 18.1 Å². The van der Waals surface area contributed by atoms with Gasteiger partial charge in [-0.15, -0.1) is 0 Å². The van der Waals surface area contributed by atoms with Gasteiger partial charge in [-0.05, 0) is 32.4 Å². The predicted molar refractivity (Wildman–Crippen MR) is 100 cm³/mol. The number of nitrogens with one attached hydrogen (secondary N) is 3. The van der Waals surface area contributed by atoms with Gasteiger partial charge in [-0.2, -0.15) is 23.6 Å². The fraction of sp³-hybridized carbons (Fsp3) is 0.375. The van der Waals surface area contributed by atoms with E-state index in [2.05, 4.69) is 26.2 Å². The third-order valence-corrected chi connectivity index (χ3v) is 4.92. The van der Waals surface area contributed by atoms with Crippen LogP contribution >= 0.6 is 7.14 Å². The number of hydroxylamine groups is 1. The third-order valence-electron chi connectivity index (χ3n) is 3.37. The Morgan fingerprint density at radius 2 is 1.89 bits per heavy atom. The molecule has 0 aliphatic heterocycles. The summed E-state index contributed by atoms with van der Waals surface area (Å²) in [4.78, 5) is 17.2. The lowest BCUT2D eigenvalue weighted by molar-refractivity contribution is -0.137. The van der Waals surface area contributed by atoms with Crippen molar-refractivity contribution in [3.63, 3.8) is 0 Å². The third kappa shape index (κ3) is 6.16. The topological polar surface area (TPSA) is 97.4 Å². The standard InChI is InChI=1S/C16H21F3N5O3P/c1-4-26-21-10-27-24-15-20-9-11(16(17,18)19)14(23-15)22-12-7-5-6-8-13(12)28(2,3)25/h5-9,21H,4,10H2,1-3H3,(H2,20,22,23,24). The van der Waals surface area contributed by atoms with Gasteiger partial charge in [0.05, 0.1) is 12.3 Å². The zero-order chi connectivity index (χ0) is 20.8. The molecule has 8 nitrogen and oxygen atoms in total. The summed E-state index contributed by atoms with van der Waals surface area (Å²) >= 11 is 0. The van der Waals surface area contributed by atoms with Crippen molar-refractivity contribution >= 4 is 29.9 Å². The Balaban J connectivity index is 2.31. The summed E-state index contributed by atoms with van der Waals surface area (Å²) in [6.07, 6.45) is -4.05. The Morgan fingerprint density at radius 1 is 1.18 bits per heavy atom. The quantitative estimate of drug-likeness (QED) is 0.247. The number of aromatic nitrogens is 2. The number of anilines is 3. The number of hydrogen-bond donors (Lipinski definition) is 3. The predicted octanol–water partition coefficient (Wildman–Crippen LogP) is 3.33. The number of alkyl halides is 3. The molecule has 3 N–H and O–H groups in total. The molecule has 0 saturated heterocycles. The van der Waals surface area contributed by atoms with Gasteiger partial charge < -0.3 is 9.88 Å². The maximum atomic E-state index is 13.4. The summed E-state index contributed by atoms with van der Waals surface area (Å²) in [5, 5.41) is 3.04. The molecule has 2 rings (SSSR count). The van der Waals surface area contributed by atoms with Gasteiger partial charge in [0, 0.05) is 11.5 Å². The van der Waals surface area contributed by atoms with Crippen molar-refractivity contribution in [1.29, 1.82) is 0 Å². The second-order valence-corrected chi connectivity index (χ2v) is 9.10. The maximum absolute atomic E-state index is 13.4. The first-order valence-electron chi connectivity index (χ1n) is 8.21. The van der Waals surface area contributed by atoms with Gasteiger partial charge in [-0.1, -0.05) is 12.1 Å². The molecule has 0 saturated carbocycles. The monoisotopic (exact) mass is 419 g/mol. The van der Waals surface area contributed by atoms with Crippen molar-refractivity contribution in [1.82, 2.24) is 15.4 Å². The van der Waals surface area contributed by atoms with E-state index in [1.54, 1.807) is 25.1 Å². The van der Waals surface area contributed by atoms with E-state index in [9.17, 15) is 17.7 Å². The van der Waals surface area contributed by atoms with Crippen LogP contribution in [0.5, 0.6) is 0 Å². The van der Waals surface area contributed by atoms with Crippen LogP contribution in [0.4, 0.5) is 30.6 Å². The minimum atomic E-state index is -4.69. The molecule has 0 aliphatic carbocycles. The molecule has 0 amide bonds. The minimum absolute atomic E-state index is 0.0847. The van der Waals surface area contributed by atoms with Crippen LogP contribution in [-0.4, -0.2) is 36.6 Å².